The monoisotopic (exact) mass is 274 g/mol. The lowest BCUT2D eigenvalue weighted by molar-refractivity contribution is -0.144. The quantitative estimate of drug-likeness (QED) is 0.677. The van der Waals surface area contributed by atoms with Crippen LogP contribution in [0.1, 0.15) is 41.8 Å². The van der Waals surface area contributed by atoms with Crippen LogP contribution in [-0.4, -0.2) is 23.0 Å². The van der Waals surface area contributed by atoms with Gasteiger partial charge in [0.25, 0.3) is 0 Å². The van der Waals surface area contributed by atoms with E-state index in [4.69, 9.17) is 9.84 Å². The molecule has 1 aliphatic rings. The fourth-order valence-electron chi connectivity index (χ4n) is 2.44. The first-order chi connectivity index (χ1) is 9.47. The van der Waals surface area contributed by atoms with Gasteiger partial charge >= 0.3 is 5.97 Å². The minimum Gasteiger partial charge on any atom is -0.478 e. The van der Waals surface area contributed by atoms with Crippen LogP contribution in [0, 0.1) is 6.92 Å². The number of aliphatic carboxylic acids is 1. The summed E-state index contributed by atoms with van der Waals surface area (Å²) in [5.74, 6) is -0.395. The molecule has 0 saturated heterocycles. The van der Waals surface area contributed by atoms with Crippen molar-refractivity contribution in [2.45, 2.75) is 39.7 Å². The van der Waals surface area contributed by atoms with Crippen molar-refractivity contribution in [2.75, 3.05) is 0 Å². The largest absolute Gasteiger partial charge is 0.478 e. The van der Waals surface area contributed by atoms with Crippen molar-refractivity contribution in [3.05, 3.63) is 40.5 Å². The average Bonchev–Trinajstić information content (AvgIpc) is 2.82. The predicted octanol–water partition coefficient (Wildman–Crippen LogP) is 2.92. The van der Waals surface area contributed by atoms with Crippen molar-refractivity contribution >= 4 is 11.8 Å². The Bertz CT molecular complexity index is 599. The molecule has 4 nitrogen and oxygen atoms in total. The van der Waals surface area contributed by atoms with Crippen LogP contribution >= 0.6 is 0 Å². The summed E-state index contributed by atoms with van der Waals surface area (Å²) >= 11 is 0. The molecule has 0 radical (unpaired) electrons. The second-order valence-corrected chi connectivity index (χ2v) is 4.92. The number of fused-ring (bicyclic) bond motifs is 1. The molecule has 1 N–H and O–H groups in total. The molecule has 0 fully saturated rings. The summed E-state index contributed by atoms with van der Waals surface area (Å²) in [6.45, 7) is 5.64. The number of carbonyl (C=O) groups excluding carboxylic acids is 1. The molecule has 0 aromatic heterocycles. The van der Waals surface area contributed by atoms with E-state index in [9.17, 15) is 9.59 Å². The maximum atomic E-state index is 12.4. The molecule has 1 atom stereocenters. The third-order valence-electron chi connectivity index (χ3n) is 3.62. The third-order valence-corrected chi connectivity index (χ3v) is 3.62. The summed E-state index contributed by atoms with van der Waals surface area (Å²) in [6.07, 6.45) is 1.97. The van der Waals surface area contributed by atoms with Crippen molar-refractivity contribution in [1.82, 2.24) is 0 Å². The lowest BCUT2D eigenvalue weighted by Crippen LogP contribution is -2.24. The first kappa shape index (κ1) is 14.3. The van der Waals surface area contributed by atoms with Crippen LogP contribution in [0.3, 0.4) is 0 Å². The first-order valence-corrected chi connectivity index (χ1v) is 6.70. The van der Waals surface area contributed by atoms with E-state index in [1.165, 1.54) is 0 Å². The van der Waals surface area contributed by atoms with E-state index in [0.29, 0.717) is 24.2 Å². The zero-order chi connectivity index (χ0) is 14.9. The van der Waals surface area contributed by atoms with Crippen molar-refractivity contribution in [3.8, 4) is 5.75 Å². The van der Waals surface area contributed by atoms with Crippen LogP contribution in [0.4, 0.5) is 0 Å². The molecule has 0 amide bonds. The van der Waals surface area contributed by atoms with Crippen LogP contribution < -0.4 is 4.74 Å². The molecule has 1 aromatic carbocycles. The zero-order valence-corrected chi connectivity index (χ0v) is 11.9. The zero-order valence-electron chi connectivity index (χ0n) is 11.9. The smallest absolute Gasteiger partial charge is 0.345 e. The van der Waals surface area contributed by atoms with Gasteiger partial charge in [0.2, 0.25) is 0 Å². The number of carbonyl (C=O) groups is 2. The Morgan fingerprint density at radius 2 is 2.15 bits per heavy atom. The molecule has 106 valence electrons. The Labute approximate surface area is 118 Å². The van der Waals surface area contributed by atoms with Gasteiger partial charge in [-0.05, 0) is 49.1 Å². The van der Waals surface area contributed by atoms with Crippen LogP contribution in [0.25, 0.3) is 0 Å². The molecule has 0 bridgehead atoms. The summed E-state index contributed by atoms with van der Waals surface area (Å²) in [5.41, 5.74) is 3.00. The first-order valence-electron chi connectivity index (χ1n) is 6.70. The van der Waals surface area contributed by atoms with Gasteiger partial charge in [0.15, 0.2) is 11.9 Å². The third kappa shape index (κ3) is 2.46. The molecule has 20 heavy (non-hydrogen) atoms. The van der Waals surface area contributed by atoms with Gasteiger partial charge in [-0.15, -0.1) is 0 Å². The van der Waals surface area contributed by atoms with Gasteiger partial charge in [-0.2, -0.15) is 0 Å². The van der Waals surface area contributed by atoms with Crippen LogP contribution in [0.15, 0.2) is 23.8 Å². The number of ether oxygens (including phenoxy) is 1. The second kappa shape index (κ2) is 5.49. The number of rotatable bonds is 4. The van der Waals surface area contributed by atoms with Crippen LogP contribution in [-0.2, 0) is 11.2 Å². The number of carboxylic acids is 1. The van der Waals surface area contributed by atoms with E-state index in [-0.39, 0.29) is 5.78 Å². The summed E-state index contributed by atoms with van der Waals surface area (Å²) in [4.78, 5) is 23.4. The molecule has 4 heteroatoms. The van der Waals surface area contributed by atoms with E-state index in [2.05, 4.69) is 0 Å². The highest BCUT2D eigenvalue weighted by atomic mass is 16.5. The van der Waals surface area contributed by atoms with Crippen molar-refractivity contribution in [3.63, 3.8) is 0 Å². The number of hydrogen-bond donors (Lipinski definition) is 1. The number of allylic oxidation sites excluding steroid dienone is 2. The van der Waals surface area contributed by atoms with Gasteiger partial charge in [0.1, 0.15) is 5.75 Å². The molecule has 0 saturated carbocycles. The second-order valence-electron chi connectivity index (χ2n) is 4.92. The SMILES string of the molecule is CC=C(CC)C(=O)c1cc2c(cc1C)OC(C(=O)O)C2. The Kier molecular flexibility index (Phi) is 3.93. The van der Waals surface area contributed by atoms with Gasteiger partial charge in [-0.3, -0.25) is 4.79 Å². The molecule has 1 aliphatic heterocycles. The van der Waals surface area contributed by atoms with E-state index >= 15 is 0 Å². The lowest BCUT2D eigenvalue weighted by atomic mass is 9.94. The van der Waals surface area contributed by atoms with Crippen LogP contribution in [0.5, 0.6) is 5.75 Å². The predicted molar refractivity (Wildman–Crippen MR) is 75.3 cm³/mol. The van der Waals surface area contributed by atoms with Gasteiger partial charge < -0.3 is 9.84 Å². The Balaban J connectivity index is 2.38. The van der Waals surface area contributed by atoms with Gasteiger partial charge in [0.05, 0.1) is 0 Å². The van der Waals surface area contributed by atoms with Crippen LogP contribution in [0.2, 0.25) is 0 Å². The van der Waals surface area contributed by atoms with E-state index in [1.54, 1.807) is 12.1 Å². The maximum absolute atomic E-state index is 12.4. The summed E-state index contributed by atoms with van der Waals surface area (Å²) in [6, 6.07) is 3.53. The normalized spacial score (nSPS) is 17.6. The highest BCUT2D eigenvalue weighted by molar-refractivity contribution is 6.09. The number of ketones is 1. The van der Waals surface area contributed by atoms with Crippen molar-refractivity contribution in [1.29, 1.82) is 0 Å². The number of hydrogen-bond acceptors (Lipinski definition) is 3. The van der Waals surface area contributed by atoms with Gasteiger partial charge in [-0.1, -0.05) is 13.0 Å². The molecule has 1 unspecified atom stereocenters. The van der Waals surface area contributed by atoms with E-state index in [0.717, 1.165) is 16.7 Å². The topological polar surface area (TPSA) is 63.6 Å². The summed E-state index contributed by atoms with van der Waals surface area (Å²) < 4.78 is 5.37. The molecular formula is C16H18O4. The number of Topliss-reactive ketones (excluding diaryl/α,β-unsaturated/α-hetero) is 1. The molecule has 1 heterocycles. The van der Waals surface area contributed by atoms with E-state index < -0.39 is 12.1 Å². The highest BCUT2D eigenvalue weighted by Crippen LogP contribution is 2.32. The number of carboxylic acid groups (broad SMARTS) is 1. The highest BCUT2D eigenvalue weighted by Gasteiger charge is 2.30. The Hall–Kier alpha value is -2.10. The van der Waals surface area contributed by atoms with Gasteiger partial charge in [-0.25, -0.2) is 4.79 Å². The summed E-state index contributed by atoms with van der Waals surface area (Å²) in [7, 11) is 0. The van der Waals surface area contributed by atoms with Crippen molar-refractivity contribution in [2.24, 2.45) is 0 Å². The standard InChI is InChI=1S/C16H18O4/c1-4-10(5-2)15(17)12-7-11-8-14(16(18)19)20-13(11)6-9(12)3/h4,6-7,14H,5,8H2,1-3H3,(H,18,19). The minimum atomic E-state index is -0.977. The fourth-order valence-corrected chi connectivity index (χ4v) is 2.44. The maximum Gasteiger partial charge on any atom is 0.345 e. The number of aryl methyl sites for hydroxylation is 1. The molecule has 2 rings (SSSR count). The average molecular weight is 274 g/mol. The van der Waals surface area contributed by atoms with E-state index in [1.807, 2.05) is 26.8 Å². The Morgan fingerprint density at radius 1 is 1.45 bits per heavy atom. The molecule has 0 spiro atoms. The fraction of sp³-hybridized carbons (Fsp3) is 0.375. The number of benzene rings is 1. The van der Waals surface area contributed by atoms with Gasteiger partial charge in [0, 0.05) is 12.0 Å². The molecule has 0 aliphatic carbocycles. The lowest BCUT2D eigenvalue weighted by Gasteiger charge is -2.09. The molecule has 1 aromatic rings. The van der Waals surface area contributed by atoms with Crippen molar-refractivity contribution < 1.29 is 19.4 Å². The molecular weight excluding hydrogens is 256 g/mol. The Morgan fingerprint density at radius 3 is 2.70 bits per heavy atom. The minimum absolute atomic E-state index is 0.00840. The summed E-state index contributed by atoms with van der Waals surface area (Å²) in [5, 5.41) is 9.00.